The van der Waals surface area contributed by atoms with Crippen molar-refractivity contribution in [2.75, 3.05) is 7.11 Å². The second-order valence-corrected chi connectivity index (χ2v) is 6.96. The predicted octanol–water partition coefficient (Wildman–Crippen LogP) is 3.08. The number of hydrogen-bond acceptors (Lipinski definition) is 5. The Labute approximate surface area is 184 Å². The minimum absolute atomic E-state index is 0.320. The topological polar surface area (TPSA) is 98.1 Å². The van der Waals surface area contributed by atoms with Crippen molar-refractivity contribution in [2.24, 2.45) is 0 Å². The number of nitrogens with zero attached hydrogens (tertiary/aromatic N) is 3. The maximum absolute atomic E-state index is 13.0. The van der Waals surface area contributed by atoms with E-state index in [0.29, 0.717) is 29.1 Å². The van der Waals surface area contributed by atoms with Crippen LogP contribution in [0.5, 0.6) is 5.75 Å². The monoisotopic (exact) mass is 427 g/mol. The molecule has 0 aliphatic heterocycles. The molecule has 8 nitrogen and oxygen atoms in total. The number of benzene rings is 2. The minimum Gasteiger partial charge on any atom is -0.497 e. The van der Waals surface area contributed by atoms with Gasteiger partial charge in [0.25, 0.3) is 11.8 Å². The first-order valence-corrected chi connectivity index (χ1v) is 9.90. The SMILES string of the molecule is COc1cccc(-c2nn(Cc3ccccc3)cc2C(=O)NNC(=O)c2cccnc2)c1. The molecule has 160 valence electrons. The summed E-state index contributed by atoms with van der Waals surface area (Å²) in [5.41, 5.74) is 7.78. The number of carbonyl (C=O) groups is 2. The standard InChI is InChI=1S/C24H21N5O3/c1-32-20-11-5-9-18(13-20)22-21(16-29(28-22)15-17-7-3-2-4-8-17)24(31)27-26-23(30)19-10-6-12-25-14-19/h2-14,16H,15H2,1H3,(H,26,30)(H,27,31). The van der Waals surface area contributed by atoms with Gasteiger partial charge in [-0.2, -0.15) is 5.10 Å². The summed E-state index contributed by atoms with van der Waals surface area (Å²) in [6.45, 7) is 0.493. The van der Waals surface area contributed by atoms with Crippen LogP contribution in [0.4, 0.5) is 0 Å². The highest BCUT2D eigenvalue weighted by atomic mass is 16.5. The van der Waals surface area contributed by atoms with Gasteiger partial charge in [-0.05, 0) is 29.8 Å². The summed E-state index contributed by atoms with van der Waals surface area (Å²) in [5, 5.41) is 4.64. The van der Waals surface area contributed by atoms with Gasteiger partial charge in [-0.3, -0.25) is 30.1 Å². The molecule has 0 saturated heterocycles. The number of aromatic nitrogens is 3. The van der Waals surface area contributed by atoms with Gasteiger partial charge in [-0.1, -0.05) is 42.5 Å². The minimum atomic E-state index is -0.487. The van der Waals surface area contributed by atoms with Crippen molar-refractivity contribution in [2.45, 2.75) is 6.54 Å². The molecule has 0 aliphatic rings. The molecule has 0 saturated carbocycles. The predicted molar refractivity (Wildman–Crippen MR) is 119 cm³/mol. The van der Waals surface area contributed by atoms with E-state index in [4.69, 9.17) is 4.74 Å². The molecule has 32 heavy (non-hydrogen) atoms. The molecule has 0 fully saturated rings. The van der Waals surface area contributed by atoms with E-state index in [-0.39, 0.29) is 0 Å². The molecular weight excluding hydrogens is 406 g/mol. The van der Waals surface area contributed by atoms with Crippen LogP contribution in [0.3, 0.4) is 0 Å². The third-order valence-corrected chi connectivity index (χ3v) is 4.75. The highest BCUT2D eigenvalue weighted by Crippen LogP contribution is 2.26. The molecule has 4 aromatic rings. The number of hydrazine groups is 1. The lowest BCUT2D eigenvalue weighted by Crippen LogP contribution is -2.41. The fourth-order valence-electron chi connectivity index (χ4n) is 3.17. The van der Waals surface area contributed by atoms with E-state index in [2.05, 4.69) is 20.9 Å². The molecule has 0 spiro atoms. The summed E-state index contributed by atoms with van der Waals surface area (Å²) in [6.07, 6.45) is 4.64. The first kappa shape index (κ1) is 20.8. The fourth-order valence-corrected chi connectivity index (χ4v) is 3.17. The van der Waals surface area contributed by atoms with Gasteiger partial charge >= 0.3 is 0 Å². The molecule has 2 aromatic carbocycles. The Hall–Kier alpha value is -4.46. The van der Waals surface area contributed by atoms with Gasteiger partial charge < -0.3 is 4.74 Å². The zero-order chi connectivity index (χ0) is 22.3. The molecule has 4 rings (SSSR count). The number of ether oxygens (including phenoxy) is 1. The van der Waals surface area contributed by atoms with Crippen LogP contribution >= 0.6 is 0 Å². The van der Waals surface area contributed by atoms with Crippen molar-refractivity contribution < 1.29 is 14.3 Å². The molecule has 8 heteroatoms. The van der Waals surface area contributed by atoms with Crippen LogP contribution in [0.15, 0.2) is 85.3 Å². The second-order valence-electron chi connectivity index (χ2n) is 6.96. The molecule has 0 atom stereocenters. The Balaban J connectivity index is 1.61. The molecule has 2 aromatic heterocycles. The summed E-state index contributed by atoms with van der Waals surface area (Å²) in [4.78, 5) is 29.1. The van der Waals surface area contributed by atoms with Gasteiger partial charge in [0.05, 0.1) is 24.8 Å². The smallest absolute Gasteiger partial charge is 0.273 e. The summed E-state index contributed by atoms with van der Waals surface area (Å²) < 4.78 is 7.01. The number of pyridine rings is 1. The van der Waals surface area contributed by atoms with Crippen LogP contribution in [-0.2, 0) is 6.54 Å². The average Bonchev–Trinajstić information content (AvgIpc) is 3.27. The maximum Gasteiger partial charge on any atom is 0.273 e. The van der Waals surface area contributed by atoms with Crippen LogP contribution in [-0.4, -0.2) is 33.7 Å². The zero-order valence-electron chi connectivity index (χ0n) is 17.4. The molecule has 0 unspecified atom stereocenters. The van der Waals surface area contributed by atoms with E-state index in [1.54, 1.807) is 42.4 Å². The Bertz CT molecular complexity index is 1220. The number of amides is 2. The number of rotatable bonds is 6. The Kier molecular flexibility index (Phi) is 6.22. The van der Waals surface area contributed by atoms with Crippen LogP contribution < -0.4 is 15.6 Å². The number of hydrogen-bond donors (Lipinski definition) is 2. The van der Waals surface area contributed by atoms with Crippen molar-refractivity contribution in [3.05, 3.63) is 102 Å². The molecule has 2 N–H and O–H groups in total. The lowest BCUT2D eigenvalue weighted by atomic mass is 10.1. The van der Waals surface area contributed by atoms with Crippen molar-refractivity contribution in [1.82, 2.24) is 25.6 Å². The lowest BCUT2D eigenvalue weighted by Gasteiger charge is -2.08. The van der Waals surface area contributed by atoms with Crippen LogP contribution in [0.25, 0.3) is 11.3 Å². The van der Waals surface area contributed by atoms with E-state index < -0.39 is 11.8 Å². The van der Waals surface area contributed by atoms with E-state index in [9.17, 15) is 9.59 Å². The highest BCUT2D eigenvalue weighted by Gasteiger charge is 2.19. The summed E-state index contributed by atoms with van der Waals surface area (Å²) in [7, 11) is 1.58. The van der Waals surface area contributed by atoms with Gasteiger partial charge in [-0.15, -0.1) is 0 Å². The quantitative estimate of drug-likeness (QED) is 0.461. The van der Waals surface area contributed by atoms with Crippen LogP contribution in [0, 0.1) is 0 Å². The van der Waals surface area contributed by atoms with Gasteiger partial charge in [-0.25, -0.2) is 0 Å². The van der Waals surface area contributed by atoms with Crippen molar-refractivity contribution >= 4 is 11.8 Å². The van der Waals surface area contributed by atoms with Gasteiger partial charge in [0, 0.05) is 24.2 Å². The second kappa shape index (κ2) is 9.57. The van der Waals surface area contributed by atoms with Gasteiger partial charge in [0.15, 0.2) is 0 Å². The largest absolute Gasteiger partial charge is 0.497 e. The number of methoxy groups -OCH3 is 1. The number of carbonyl (C=O) groups excluding carboxylic acids is 2. The molecule has 0 radical (unpaired) electrons. The summed E-state index contributed by atoms with van der Waals surface area (Å²) in [5.74, 6) is -0.304. The van der Waals surface area contributed by atoms with E-state index in [0.717, 1.165) is 11.1 Å². The Morgan fingerprint density at radius 2 is 1.78 bits per heavy atom. The summed E-state index contributed by atoms with van der Waals surface area (Å²) >= 11 is 0. The van der Waals surface area contributed by atoms with Gasteiger partial charge in [0.1, 0.15) is 11.4 Å². The van der Waals surface area contributed by atoms with E-state index in [1.807, 2.05) is 48.5 Å². The van der Waals surface area contributed by atoms with Crippen molar-refractivity contribution in [1.29, 1.82) is 0 Å². The van der Waals surface area contributed by atoms with Crippen molar-refractivity contribution in [3.8, 4) is 17.0 Å². The average molecular weight is 427 g/mol. The van der Waals surface area contributed by atoms with E-state index in [1.165, 1.54) is 6.20 Å². The van der Waals surface area contributed by atoms with Crippen LogP contribution in [0.2, 0.25) is 0 Å². The third-order valence-electron chi connectivity index (χ3n) is 4.75. The highest BCUT2D eigenvalue weighted by molar-refractivity contribution is 6.02. The molecule has 0 bridgehead atoms. The third kappa shape index (κ3) is 4.81. The lowest BCUT2D eigenvalue weighted by molar-refractivity contribution is 0.0846. The first-order valence-electron chi connectivity index (χ1n) is 9.90. The van der Waals surface area contributed by atoms with E-state index >= 15 is 0 Å². The molecule has 0 aliphatic carbocycles. The van der Waals surface area contributed by atoms with Crippen LogP contribution in [0.1, 0.15) is 26.3 Å². The Morgan fingerprint density at radius 1 is 0.969 bits per heavy atom. The normalized spacial score (nSPS) is 10.4. The van der Waals surface area contributed by atoms with Crippen molar-refractivity contribution in [3.63, 3.8) is 0 Å². The summed E-state index contributed by atoms with van der Waals surface area (Å²) in [6, 6.07) is 20.4. The zero-order valence-corrected chi connectivity index (χ0v) is 17.4. The van der Waals surface area contributed by atoms with Gasteiger partial charge in [0.2, 0.25) is 0 Å². The molecule has 2 amide bonds. The molecule has 2 heterocycles. The fraction of sp³-hybridized carbons (Fsp3) is 0.0833. The first-order chi connectivity index (χ1) is 15.6. The maximum atomic E-state index is 13.0. The molecular formula is C24H21N5O3. The number of nitrogens with one attached hydrogen (secondary N) is 2. The Morgan fingerprint density at radius 3 is 2.53 bits per heavy atom.